The number of hydrogen-bond acceptors (Lipinski definition) is 10. The van der Waals surface area contributed by atoms with Crippen molar-refractivity contribution in [3.05, 3.63) is 21.7 Å². The van der Waals surface area contributed by atoms with E-state index in [1.807, 2.05) is 0 Å². The Morgan fingerprint density at radius 1 is 1.10 bits per heavy atom. The molecular weight excluding hydrogens is 390 g/mol. The predicted molar refractivity (Wildman–Crippen MR) is 97.0 cm³/mol. The van der Waals surface area contributed by atoms with E-state index in [2.05, 4.69) is 0 Å². The third-order valence-electron chi connectivity index (χ3n) is 4.24. The van der Waals surface area contributed by atoms with Crippen LogP contribution in [0.5, 0.6) is 23.0 Å². The summed E-state index contributed by atoms with van der Waals surface area (Å²) < 4.78 is 31.4. The molecule has 11 nitrogen and oxygen atoms in total. The molecule has 0 bridgehead atoms. The summed E-state index contributed by atoms with van der Waals surface area (Å²) >= 11 is 0. The van der Waals surface area contributed by atoms with Crippen molar-refractivity contribution in [1.29, 1.82) is 0 Å². The Hall–Kier alpha value is -3.24. The Morgan fingerprint density at radius 2 is 1.69 bits per heavy atom. The van der Waals surface area contributed by atoms with Gasteiger partial charge in [0.25, 0.3) is 0 Å². The minimum absolute atomic E-state index is 0.0124. The van der Waals surface area contributed by atoms with Crippen LogP contribution in [0.15, 0.2) is 6.07 Å². The Morgan fingerprint density at radius 3 is 2.17 bits per heavy atom. The second-order valence-electron chi connectivity index (χ2n) is 5.87. The first-order chi connectivity index (χ1) is 13.9. The van der Waals surface area contributed by atoms with Crippen molar-refractivity contribution in [3.8, 4) is 23.0 Å². The number of carbonyl (C=O) groups is 2. The lowest BCUT2D eigenvalue weighted by Gasteiger charge is -2.24. The van der Waals surface area contributed by atoms with Crippen LogP contribution in [0.25, 0.3) is 0 Å². The van der Waals surface area contributed by atoms with Gasteiger partial charge in [0, 0.05) is 10.5 Å². The lowest BCUT2D eigenvalue weighted by molar-refractivity contribution is -0.484. The number of benzene rings is 1. The maximum Gasteiger partial charge on any atom is 0.321 e. The van der Waals surface area contributed by atoms with Crippen LogP contribution in [0.3, 0.4) is 0 Å². The van der Waals surface area contributed by atoms with E-state index >= 15 is 0 Å². The van der Waals surface area contributed by atoms with Gasteiger partial charge in [-0.1, -0.05) is 0 Å². The first kappa shape index (κ1) is 22.1. The molecule has 1 aromatic rings. The van der Waals surface area contributed by atoms with Crippen molar-refractivity contribution in [2.45, 2.75) is 19.8 Å². The number of nitro groups is 1. The van der Waals surface area contributed by atoms with Crippen LogP contribution in [0.2, 0.25) is 0 Å². The largest absolute Gasteiger partial charge is 0.493 e. The smallest absolute Gasteiger partial charge is 0.321 e. The summed E-state index contributed by atoms with van der Waals surface area (Å²) in [5, 5.41) is 11.4. The number of carbonyl (C=O) groups excluding carboxylic acids is 2. The summed E-state index contributed by atoms with van der Waals surface area (Å²) in [5.74, 6) is -3.97. The van der Waals surface area contributed by atoms with Crippen LogP contribution >= 0.6 is 0 Å². The number of esters is 2. The van der Waals surface area contributed by atoms with E-state index in [4.69, 9.17) is 28.4 Å². The highest BCUT2D eigenvalue weighted by Gasteiger charge is 2.44. The van der Waals surface area contributed by atoms with E-state index in [0.29, 0.717) is 0 Å². The molecule has 1 aliphatic heterocycles. The first-order valence-electron chi connectivity index (χ1n) is 8.88. The Balaban J connectivity index is 2.68. The highest BCUT2D eigenvalue weighted by molar-refractivity contribution is 5.96. The zero-order valence-electron chi connectivity index (χ0n) is 16.6. The SMILES string of the molecule is CCOC(=O)C(C(=O)OCC)[C@H](C[N+](=O)[O-])c1cc(OC)c2c(c1OC)OCO2. The minimum atomic E-state index is -1.58. The van der Waals surface area contributed by atoms with E-state index in [1.54, 1.807) is 13.8 Å². The number of fused-ring (bicyclic) bond motifs is 1. The van der Waals surface area contributed by atoms with E-state index in [9.17, 15) is 19.7 Å². The molecule has 0 amide bonds. The molecule has 160 valence electrons. The minimum Gasteiger partial charge on any atom is -0.493 e. The molecule has 0 saturated heterocycles. The normalized spacial score (nSPS) is 13.0. The third-order valence-corrected chi connectivity index (χ3v) is 4.24. The lowest BCUT2D eigenvalue weighted by Crippen LogP contribution is -2.36. The highest BCUT2D eigenvalue weighted by Crippen LogP contribution is 2.52. The number of hydrogen-bond donors (Lipinski definition) is 0. The summed E-state index contributed by atoms with van der Waals surface area (Å²) in [7, 11) is 2.71. The monoisotopic (exact) mass is 413 g/mol. The Kier molecular flexibility index (Phi) is 7.46. The molecule has 0 fully saturated rings. The van der Waals surface area contributed by atoms with Crippen molar-refractivity contribution in [2.75, 3.05) is 40.8 Å². The molecule has 0 radical (unpaired) electrons. The van der Waals surface area contributed by atoms with Crippen molar-refractivity contribution >= 4 is 11.9 Å². The van der Waals surface area contributed by atoms with E-state index in [1.165, 1.54) is 20.3 Å². The van der Waals surface area contributed by atoms with Gasteiger partial charge in [-0.25, -0.2) is 0 Å². The lowest BCUT2D eigenvalue weighted by atomic mass is 9.84. The second kappa shape index (κ2) is 9.80. The van der Waals surface area contributed by atoms with Crippen molar-refractivity contribution in [2.24, 2.45) is 5.92 Å². The standard InChI is InChI=1S/C18H23NO10/c1-5-26-17(20)13(18(21)27-6-2)11(8-19(22)23)10-7-12(24-3)15-16(14(10)25-4)29-9-28-15/h7,11,13H,5-6,8-9H2,1-4H3/t11-/m1/s1. The fraction of sp³-hybridized carbons (Fsp3) is 0.556. The van der Waals surface area contributed by atoms with Crippen molar-refractivity contribution in [1.82, 2.24) is 0 Å². The molecule has 2 rings (SSSR count). The maximum atomic E-state index is 12.6. The molecule has 0 unspecified atom stereocenters. The molecule has 1 aliphatic rings. The van der Waals surface area contributed by atoms with Crippen LogP contribution < -0.4 is 18.9 Å². The molecule has 0 aliphatic carbocycles. The molecular formula is C18H23NO10. The van der Waals surface area contributed by atoms with Crippen LogP contribution in [0.4, 0.5) is 0 Å². The Bertz CT molecular complexity index is 760. The maximum absolute atomic E-state index is 12.6. The summed E-state index contributed by atoms with van der Waals surface area (Å²) in [6.45, 7) is 2.23. The van der Waals surface area contributed by atoms with Gasteiger partial charge in [0.1, 0.15) is 0 Å². The summed E-state index contributed by atoms with van der Waals surface area (Å²) in [5.41, 5.74) is 0.163. The summed E-state index contributed by atoms with van der Waals surface area (Å²) in [6.07, 6.45) is 0. The van der Waals surface area contributed by atoms with Gasteiger partial charge in [0.05, 0.1) is 33.4 Å². The number of methoxy groups -OCH3 is 2. The van der Waals surface area contributed by atoms with Gasteiger partial charge in [-0.15, -0.1) is 0 Å². The van der Waals surface area contributed by atoms with Gasteiger partial charge in [-0.05, 0) is 19.9 Å². The average molecular weight is 413 g/mol. The van der Waals surface area contributed by atoms with Gasteiger partial charge < -0.3 is 28.4 Å². The topological polar surface area (TPSA) is 133 Å². The van der Waals surface area contributed by atoms with E-state index < -0.39 is 35.2 Å². The highest BCUT2D eigenvalue weighted by atomic mass is 16.7. The molecule has 1 atom stereocenters. The van der Waals surface area contributed by atoms with Crippen LogP contribution in [0, 0.1) is 16.0 Å². The quantitative estimate of drug-likeness (QED) is 0.241. The van der Waals surface area contributed by atoms with E-state index in [0.717, 1.165) is 0 Å². The average Bonchev–Trinajstić information content (AvgIpc) is 3.16. The second-order valence-corrected chi connectivity index (χ2v) is 5.87. The zero-order chi connectivity index (χ0) is 21.6. The van der Waals surface area contributed by atoms with Crippen molar-refractivity contribution < 1.29 is 42.9 Å². The van der Waals surface area contributed by atoms with Crippen molar-refractivity contribution in [3.63, 3.8) is 0 Å². The van der Waals surface area contributed by atoms with Crippen LogP contribution in [-0.4, -0.2) is 57.6 Å². The number of ether oxygens (including phenoxy) is 6. The summed E-state index contributed by atoms with van der Waals surface area (Å²) in [4.78, 5) is 35.9. The van der Waals surface area contributed by atoms with Gasteiger partial charge in [0.2, 0.25) is 24.8 Å². The zero-order valence-corrected chi connectivity index (χ0v) is 16.6. The molecule has 0 spiro atoms. The summed E-state index contributed by atoms with van der Waals surface area (Å²) in [6, 6.07) is 1.42. The molecule has 0 N–H and O–H groups in total. The predicted octanol–water partition coefficient (Wildman–Crippen LogP) is 1.54. The van der Waals surface area contributed by atoms with Gasteiger partial charge in [0.15, 0.2) is 17.4 Å². The molecule has 1 aromatic carbocycles. The molecule has 0 saturated carbocycles. The van der Waals surface area contributed by atoms with Gasteiger partial charge in [-0.3, -0.25) is 19.7 Å². The van der Waals surface area contributed by atoms with Crippen LogP contribution in [-0.2, 0) is 19.1 Å². The fourth-order valence-corrected chi connectivity index (χ4v) is 3.10. The van der Waals surface area contributed by atoms with Gasteiger partial charge in [-0.2, -0.15) is 0 Å². The molecule has 11 heteroatoms. The molecule has 0 aromatic heterocycles. The Labute approximate surface area is 166 Å². The van der Waals surface area contributed by atoms with Gasteiger partial charge >= 0.3 is 11.9 Å². The van der Waals surface area contributed by atoms with E-state index in [-0.39, 0.29) is 48.6 Å². The fourth-order valence-electron chi connectivity index (χ4n) is 3.10. The van der Waals surface area contributed by atoms with Crippen LogP contribution in [0.1, 0.15) is 25.3 Å². The molecule has 1 heterocycles. The third kappa shape index (κ3) is 4.61. The number of rotatable bonds is 10. The number of nitrogens with zero attached hydrogens (tertiary/aromatic N) is 1. The first-order valence-corrected chi connectivity index (χ1v) is 8.88. The molecule has 29 heavy (non-hydrogen) atoms.